The molecule has 0 spiro atoms. The first-order chi connectivity index (χ1) is 8.38. The van der Waals surface area contributed by atoms with Gasteiger partial charge in [-0.15, -0.1) is 10.2 Å². The minimum Gasteiger partial charge on any atom is -0.318 e. The van der Waals surface area contributed by atoms with Gasteiger partial charge < -0.3 is 4.57 Å². The van der Waals surface area contributed by atoms with Crippen LogP contribution in [-0.4, -0.2) is 14.8 Å². The monoisotopic (exact) mass is 237 g/mol. The van der Waals surface area contributed by atoms with E-state index >= 15 is 0 Å². The third-order valence-corrected chi connectivity index (χ3v) is 3.16. The standard InChI is InChI=1S/C14H27N3/c1-3-5-6-7-8-9-10-11-14-16-15-13-17(14)12-4-2/h13H,3-12H2,1-2H3. The van der Waals surface area contributed by atoms with Crippen LogP contribution in [0.15, 0.2) is 6.33 Å². The summed E-state index contributed by atoms with van der Waals surface area (Å²) in [6.07, 6.45) is 13.6. The highest BCUT2D eigenvalue weighted by molar-refractivity contribution is 4.85. The Hall–Kier alpha value is -0.860. The molecule has 0 radical (unpaired) electrons. The van der Waals surface area contributed by atoms with E-state index in [-0.39, 0.29) is 0 Å². The molecule has 0 N–H and O–H groups in total. The lowest BCUT2D eigenvalue weighted by molar-refractivity contribution is 0.568. The van der Waals surface area contributed by atoms with Crippen LogP contribution in [0.2, 0.25) is 0 Å². The molecule has 0 aliphatic heterocycles. The van der Waals surface area contributed by atoms with Gasteiger partial charge >= 0.3 is 0 Å². The summed E-state index contributed by atoms with van der Waals surface area (Å²) in [5.74, 6) is 1.17. The Kier molecular flexibility index (Phi) is 7.69. The van der Waals surface area contributed by atoms with E-state index in [4.69, 9.17) is 0 Å². The first kappa shape index (κ1) is 14.2. The topological polar surface area (TPSA) is 30.7 Å². The maximum atomic E-state index is 4.19. The molecule has 0 unspecified atom stereocenters. The van der Waals surface area contributed by atoms with Gasteiger partial charge in [0.05, 0.1) is 0 Å². The summed E-state index contributed by atoms with van der Waals surface area (Å²) < 4.78 is 2.19. The number of unbranched alkanes of at least 4 members (excludes halogenated alkanes) is 6. The van der Waals surface area contributed by atoms with Crippen LogP contribution in [0.1, 0.15) is 71.0 Å². The molecule has 0 aliphatic carbocycles. The predicted molar refractivity (Wildman–Crippen MR) is 72.0 cm³/mol. The van der Waals surface area contributed by atoms with Crippen LogP contribution < -0.4 is 0 Å². The van der Waals surface area contributed by atoms with Gasteiger partial charge in [-0.3, -0.25) is 0 Å². The second-order valence-corrected chi connectivity index (χ2v) is 4.81. The van der Waals surface area contributed by atoms with Crippen molar-refractivity contribution in [2.45, 2.75) is 78.2 Å². The van der Waals surface area contributed by atoms with Crippen LogP contribution >= 0.6 is 0 Å². The Bertz CT molecular complexity index is 281. The number of rotatable bonds is 10. The van der Waals surface area contributed by atoms with Gasteiger partial charge in [-0.1, -0.05) is 52.4 Å². The molecule has 3 nitrogen and oxygen atoms in total. The lowest BCUT2D eigenvalue weighted by atomic mass is 10.1. The van der Waals surface area contributed by atoms with Gasteiger partial charge in [0, 0.05) is 13.0 Å². The summed E-state index contributed by atoms with van der Waals surface area (Å²) in [5, 5.41) is 8.19. The molecule has 0 atom stereocenters. The van der Waals surface area contributed by atoms with Crippen LogP contribution in [0, 0.1) is 0 Å². The molecule has 1 rings (SSSR count). The van der Waals surface area contributed by atoms with Gasteiger partial charge in [0.2, 0.25) is 0 Å². The summed E-state index contributed by atoms with van der Waals surface area (Å²) in [7, 11) is 0. The average Bonchev–Trinajstić information content (AvgIpc) is 2.76. The smallest absolute Gasteiger partial charge is 0.132 e. The summed E-state index contributed by atoms with van der Waals surface area (Å²) in [6, 6.07) is 0. The molecule has 0 fully saturated rings. The highest BCUT2D eigenvalue weighted by Crippen LogP contribution is 2.09. The van der Waals surface area contributed by atoms with E-state index in [1.807, 2.05) is 6.33 Å². The Balaban J connectivity index is 2.07. The molecule has 1 heterocycles. The predicted octanol–water partition coefficient (Wildman–Crippen LogP) is 3.98. The fourth-order valence-corrected chi connectivity index (χ4v) is 2.14. The van der Waals surface area contributed by atoms with Crippen molar-refractivity contribution >= 4 is 0 Å². The summed E-state index contributed by atoms with van der Waals surface area (Å²) in [4.78, 5) is 0. The van der Waals surface area contributed by atoms with Crippen LogP contribution in [0.25, 0.3) is 0 Å². The number of nitrogens with zero attached hydrogens (tertiary/aromatic N) is 3. The highest BCUT2D eigenvalue weighted by Gasteiger charge is 2.02. The first-order valence-electron chi connectivity index (χ1n) is 7.25. The quantitative estimate of drug-likeness (QED) is 0.576. The van der Waals surface area contributed by atoms with E-state index < -0.39 is 0 Å². The SMILES string of the molecule is CCCCCCCCCc1nncn1CCC. The molecule has 98 valence electrons. The lowest BCUT2D eigenvalue weighted by Gasteiger charge is -2.04. The van der Waals surface area contributed by atoms with Crippen molar-refractivity contribution in [2.24, 2.45) is 0 Å². The van der Waals surface area contributed by atoms with Gasteiger partial charge in [-0.25, -0.2) is 0 Å². The normalized spacial score (nSPS) is 10.9. The van der Waals surface area contributed by atoms with Crippen molar-refractivity contribution in [1.29, 1.82) is 0 Å². The zero-order valence-electron chi connectivity index (χ0n) is 11.5. The fraction of sp³-hybridized carbons (Fsp3) is 0.857. The molecule has 0 saturated heterocycles. The van der Waals surface area contributed by atoms with Crippen molar-refractivity contribution < 1.29 is 0 Å². The van der Waals surface area contributed by atoms with Crippen LogP contribution in [0.3, 0.4) is 0 Å². The van der Waals surface area contributed by atoms with Crippen LogP contribution in [-0.2, 0) is 13.0 Å². The molecule has 1 aromatic rings. The molecule has 0 amide bonds. The van der Waals surface area contributed by atoms with Crippen LogP contribution in [0.5, 0.6) is 0 Å². The second-order valence-electron chi connectivity index (χ2n) is 4.81. The number of aryl methyl sites for hydroxylation is 2. The minimum absolute atomic E-state index is 1.05. The molecule has 0 aromatic carbocycles. The van der Waals surface area contributed by atoms with E-state index in [9.17, 15) is 0 Å². The number of aromatic nitrogens is 3. The van der Waals surface area contributed by atoms with E-state index in [1.165, 1.54) is 50.8 Å². The maximum absolute atomic E-state index is 4.19. The van der Waals surface area contributed by atoms with Gasteiger partial charge in [-0.05, 0) is 12.8 Å². The van der Waals surface area contributed by atoms with Gasteiger partial charge in [0.15, 0.2) is 0 Å². The highest BCUT2D eigenvalue weighted by atomic mass is 15.3. The molecule has 0 bridgehead atoms. The molecule has 3 heteroatoms. The van der Waals surface area contributed by atoms with Crippen LogP contribution in [0.4, 0.5) is 0 Å². The Labute approximate surface area is 106 Å². The minimum atomic E-state index is 1.05. The molecular weight excluding hydrogens is 210 g/mol. The number of hydrogen-bond donors (Lipinski definition) is 0. The number of hydrogen-bond acceptors (Lipinski definition) is 2. The van der Waals surface area contributed by atoms with Crippen molar-refractivity contribution in [1.82, 2.24) is 14.8 Å². The maximum Gasteiger partial charge on any atom is 0.132 e. The Morgan fingerprint density at radius 3 is 2.35 bits per heavy atom. The third-order valence-electron chi connectivity index (χ3n) is 3.16. The van der Waals surface area contributed by atoms with E-state index in [2.05, 4.69) is 28.6 Å². The average molecular weight is 237 g/mol. The van der Waals surface area contributed by atoms with Crippen molar-refractivity contribution in [3.63, 3.8) is 0 Å². The molecule has 17 heavy (non-hydrogen) atoms. The van der Waals surface area contributed by atoms with Gasteiger partial charge in [-0.2, -0.15) is 0 Å². The molecular formula is C14H27N3. The zero-order chi connectivity index (χ0) is 12.3. The van der Waals surface area contributed by atoms with Crippen molar-refractivity contribution in [3.8, 4) is 0 Å². The van der Waals surface area contributed by atoms with Gasteiger partial charge in [0.25, 0.3) is 0 Å². The van der Waals surface area contributed by atoms with E-state index in [0.717, 1.165) is 19.4 Å². The third kappa shape index (κ3) is 5.85. The molecule has 0 saturated carbocycles. The lowest BCUT2D eigenvalue weighted by Crippen LogP contribution is -2.02. The van der Waals surface area contributed by atoms with Gasteiger partial charge in [0.1, 0.15) is 12.2 Å². The summed E-state index contributed by atoms with van der Waals surface area (Å²) >= 11 is 0. The van der Waals surface area contributed by atoms with E-state index in [0.29, 0.717) is 0 Å². The summed E-state index contributed by atoms with van der Waals surface area (Å²) in [5.41, 5.74) is 0. The summed E-state index contributed by atoms with van der Waals surface area (Å²) in [6.45, 7) is 5.51. The molecule has 1 aromatic heterocycles. The van der Waals surface area contributed by atoms with Crippen molar-refractivity contribution in [2.75, 3.05) is 0 Å². The first-order valence-corrected chi connectivity index (χ1v) is 7.25. The molecule has 0 aliphatic rings. The van der Waals surface area contributed by atoms with Crippen molar-refractivity contribution in [3.05, 3.63) is 12.2 Å². The largest absolute Gasteiger partial charge is 0.318 e. The Morgan fingerprint density at radius 1 is 0.941 bits per heavy atom. The fourth-order valence-electron chi connectivity index (χ4n) is 2.14. The van der Waals surface area contributed by atoms with E-state index in [1.54, 1.807) is 0 Å². The zero-order valence-corrected chi connectivity index (χ0v) is 11.5. The Morgan fingerprint density at radius 2 is 1.65 bits per heavy atom. The second kappa shape index (κ2) is 9.20.